The molecule has 0 aliphatic heterocycles. The van der Waals surface area contributed by atoms with E-state index in [2.05, 4.69) is 0 Å². The fraction of sp³-hybridized carbons (Fsp3) is 0.333. The standard InChI is InChI=1S/C12H9FN2O2S/c1-18(16,17)11-10(12(11,6-14)7-15)8-3-2-4-9(13)5-8/h2-5,10-11H,1H3/t10-,11+/m1/s1. The maximum atomic E-state index is 13.1. The molecule has 1 aliphatic carbocycles. The molecule has 6 heteroatoms. The van der Waals surface area contributed by atoms with Crippen LogP contribution in [-0.2, 0) is 9.84 Å². The fourth-order valence-corrected chi connectivity index (χ4v) is 4.09. The second-order valence-corrected chi connectivity index (χ2v) is 6.54. The summed E-state index contributed by atoms with van der Waals surface area (Å²) in [7, 11) is -3.54. The zero-order valence-electron chi connectivity index (χ0n) is 9.46. The lowest BCUT2D eigenvalue weighted by Gasteiger charge is -1.99. The molecule has 0 aromatic heterocycles. The van der Waals surface area contributed by atoms with Gasteiger partial charge in [-0.05, 0) is 17.7 Å². The second kappa shape index (κ2) is 3.79. The number of nitriles is 2. The van der Waals surface area contributed by atoms with Gasteiger partial charge in [0.1, 0.15) is 11.1 Å². The topological polar surface area (TPSA) is 81.7 Å². The van der Waals surface area contributed by atoms with Gasteiger partial charge in [-0.1, -0.05) is 12.1 Å². The summed E-state index contributed by atoms with van der Waals surface area (Å²) in [5, 5.41) is 17.0. The lowest BCUT2D eigenvalue weighted by Crippen LogP contribution is -2.11. The number of hydrogen-bond acceptors (Lipinski definition) is 4. The third-order valence-corrected chi connectivity index (χ3v) is 4.74. The van der Waals surface area contributed by atoms with Crippen LogP contribution >= 0.6 is 0 Å². The zero-order chi connectivity index (χ0) is 13.6. The second-order valence-electron chi connectivity index (χ2n) is 4.38. The van der Waals surface area contributed by atoms with Crippen molar-refractivity contribution in [1.29, 1.82) is 10.5 Å². The van der Waals surface area contributed by atoms with Crippen molar-refractivity contribution in [3.8, 4) is 12.1 Å². The Bertz CT molecular complexity index is 671. The van der Waals surface area contributed by atoms with Gasteiger partial charge in [0, 0.05) is 12.2 Å². The first kappa shape index (κ1) is 12.5. The van der Waals surface area contributed by atoms with Crippen molar-refractivity contribution in [1.82, 2.24) is 0 Å². The Hall–Kier alpha value is -1.92. The molecule has 1 saturated carbocycles. The maximum Gasteiger partial charge on any atom is 0.169 e. The highest BCUT2D eigenvalue weighted by molar-refractivity contribution is 7.91. The van der Waals surface area contributed by atoms with Gasteiger partial charge >= 0.3 is 0 Å². The van der Waals surface area contributed by atoms with Crippen LogP contribution in [0.2, 0.25) is 0 Å². The monoisotopic (exact) mass is 264 g/mol. The summed E-state index contributed by atoms with van der Waals surface area (Å²) in [4.78, 5) is 0. The number of rotatable bonds is 2. The summed E-state index contributed by atoms with van der Waals surface area (Å²) in [6.45, 7) is 0. The molecular weight excluding hydrogens is 255 g/mol. The van der Waals surface area contributed by atoms with E-state index in [4.69, 9.17) is 10.5 Å². The van der Waals surface area contributed by atoms with Crippen LogP contribution in [0.4, 0.5) is 4.39 Å². The van der Waals surface area contributed by atoms with Crippen LogP contribution in [-0.4, -0.2) is 19.9 Å². The Kier molecular flexibility index (Phi) is 2.64. The molecule has 0 radical (unpaired) electrons. The molecule has 0 amide bonds. The highest BCUT2D eigenvalue weighted by atomic mass is 32.2. The molecule has 1 aromatic rings. The van der Waals surface area contributed by atoms with Gasteiger partial charge in [0.05, 0.1) is 12.1 Å². The van der Waals surface area contributed by atoms with Crippen molar-refractivity contribution in [2.24, 2.45) is 5.41 Å². The molecule has 18 heavy (non-hydrogen) atoms. The SMILES string of the molecule is CS(=O)(=O)[C@H]1[C@@H](c2cccc(F)c2)C1(C#N)C#N. The van der Waals surface area contributed by atoms with Gasteiger partial charge in [0.2, 0.25) is 0 Å². The molecule has 1 fully saturated rings. The number of nitrogens with zero attached hydrogens (tertiary/aromatic N) is 2. The van der Waals surface area contributed by atoms with Gasteiger partial charge in [-0.2, -0.15) is 10.5 Å². The van der Waals surface area contributed by atoms with Gasteiger partial charge < -0.3 is 0 Å². The summed E-state index contributed by atoms with van der Waals surface area (Å²) in [6.07, 6.45) is 0.987. The predicted molar refractivity (Wildman–Crippen MR) is 61.4 cm³/mol. The van der Waals surface area contributed by atoms with Gasteiger partial charge in [-0.25, -0.2) is 12.8 Å². The quantitative estimate of drug-likeness (QED) is 0.807. The summed E-state index contributed by atoms with van der Waals surface area (Å²) in [6, 6.07) is 8.88. The Morgan fingerprint density at radius 2 is 1.94 bits per heavy atom. The summed E-state index contributed by atoms with van der Waals surface area (Å²) >= 11 is 0. The van der Waals surface area contributed by atoms with E-state index in [-0.39, 0.29) is 0 Å². The third kappa shape index (κ3) is 1.66. The van der Waals surface area contributed by atoms with Crippen LogP contribution in [0.3, 0.4) is 0 Å². The molecule has 0 heterocycles. The minimum Gasteiger partial charge on any atom is -0.229 e. The molecule has 2 atom stereocenters. The van der Waals surface area contributed by atoms with E-state index in [0.717, 1.165) is 6.26 Å². The number of halogens is 1. The van der Waals surface area contributed by atoms with Crippen molar-refractivity contribution in [2.75, 3.05) is 6.26 Å². The molecule has 0 spiro atoms. The van der Waals surface area contributed by atoms with E-state index in [0.29, 0.717) is 5.56 Å². The minimum atomic E-state index is -3.54. The maximum absolute atomic E-state index is 13.1. The Balaban J connectivity index is 2.54. The minimum absolute atomic E-state index is 0.369. The molecular formula is C12H9FN2O2S. The summed E-state index contributed by atoms with van der Waals surface area (Å²) in [5.74, 6) is -1.30. The molecule has 2 rings (SSSR count). The van der Waals surface area contributed by atoms with Gasteiger partial charge in [0.25, 0.3) is 0 Å². The van der Waals surface area contributed by atoms with Crippen molar-refractivity contribution in [2.45, 2.75) is 11.2 Å². The highest BCUT2D eigenvalue weighted by Crippen LogP contribution is 2.62. The molecule has 1 aliphatic rings. The van der Waals surface area contributed by atoms with E-state index < -0.39 is 32.2 Å². The van der Waals surface area contributed by atoms with E-state index in [1.54, 1.807) is 12.1 Å². The zero-order valence-corrected chi connectivity index (χ0v) is 10.3. The van der Waals surface area contributed by atoms with E-state index >= 15 is 0 Å². The van der Waals surface area contributed by atoms with Gasteiger partial charge in [0.15, 0.2) is 15.3 Å². The Morgan fingerprint density at radius 3 is 2.33 bits per heavy atom. The van der Waals surface area contributed by atoms with Crippen LogP contribution < -0.4 is 0 Å². The molecule has 0 unspecified atom stereocenters. The normalized spacial score (nSPS) is 24.9. The van der Waals surface area contributed by atoms with E-state index in [9.17, 15) is 12.8 Å². The van der Waals surface area contributed by atoms with Crippen LogP contribution in [0.5, 0.6) is 0 Å². The van der Waals surface area contributed by atoms with Gasteiger partial charge in [-0.15, -0.1) is 0 Å². The van der Waals surface area contributed by atoms with E-state index in [1.807, 2.05) is 0 Å². The molecule has 4 nitrogen and oxygen atoms in total. The number of benzene rings is 1. The molecule has 1 aromatic carbocycles. The third-order valence-electron chi connectivity index (χ3n) is 3.17. The van der Waals surface area contributed by atoms with Crippen molar-refractivity contribution in [3.05, 3.63) is 35.6 Å². The number of hydrogen-bond donors (Lipinski definition) is 0. The van der Waals surface area contributed by atoms with Crippen molar-refractivity contribution >= 4 is 9.84 Å². The summed E-state index contributed by atoms with van der Waals surface area (Å²) < 4.78 is 36.3. The first-order valence-corrected chi connectivity index (χ1v) is 7.09. The van der Waals surface area contributed by atoms with Crippen molar-refractivity contribution < 1.29 is 12.8 Å². The van der Waals surface area contributed by atoms with E-state index in [1.165, 1.54) is 24.3 Å². The first-order chi connectivity index (χ1) is 8.36. The predicted octanol–water partition coefficient (Wildman–Crippen LogP) is 1.37. The number of sulfone groups is 1. The van der Waals surface area contributed by atoms with Crippen LogP contribution in [0.1, 0.15) is 11.5 Å². The Labute approximate surface area is 104 Å². The lowest BCUT2D eigenvalue weighted by atomic mass is 10.0. The largest absolute Gasteiger partial charge is 0.229 e. The lowest BCUT2D eigenvalue weighted by molar-refractivity contribution is 0.597. The average molecular weight is 264 g/mol. The smallest absolute Gasteiger partial charge is 0.169 e. The van der Waals surface area contributed by atoms with Gasteiger partial charge in [-0.3, -0.25) is 0 Å². The first-order valence-electron chi connectivity index (χ1n) is 5.13. The van der Waals surface area contributed by atoms with Crippen molar-refractivity contribution in [3.63, 3.8) is 0 Å². The molecule has 92 valence electrons. The fourth-order valence-electron chi connectivity index (χ4n) is 2.37. The average Bonchev–Trinajstić information content (AvgIpc) is 2.98. The highest BCUT2D eigenvalue weighted by Gasteiger charge is 2.72. The molecule has 0 bridgehead atoms. The summed E-state index contributed by atoms with van der Waals surface area (Å²) in [5.41, 5.74) is -1.23. The van der Waals surface area contributed by atoms with Crippen LogP contribution in [0, 0.1) is 33.9 Å². The molecule has 0 N–H and O–H groups in total. The Morgan fingerprint density at radius 1 is 1.33 bits per heavy atom. The van der Waals surface area contributed by atoms with Crippen LogP contribution in [0.25, 0.3) is 0 Å². The molecule has 0 saturated heterocycles. The van der Waals surface area contributed by atoms with Crippen LogP contribution in [0.15, 0.2) is 24.3 Å².